The van der Waals surface area contributed by atoms with E-state index in [1.807, 2.05) is 0 Å². The number of hydrogen-bond acceptors (Lipinski definition) is 4. The molecule has 0 unspecified atom stereocenters. The molecule has 0 aromatic heterocycles. The normalized spacial score (nSPS) is 10.3. The third-order valence-electron chi connectivity index (χ3n) is 2.97. The van der Waals surface area contributed by atoms with E-state index in [0.717, 1.165) is 6.07 Å². The Hall–Kier alpha value is -2.50. The molecule has 0 saturated carbocycles. The zero-order chi connectivity index (χ0) is 15.4. The standard InChI is InChI=1S/C15H15F2NO3/c1-20-12-6-9(7-13(21-2)15(12)19)8-18-11-5-3-4-10(16)14(11)17/h3-7,18-19H,8H2,1-2H3. The van der Waals surface area contributed by atoms with Crippen LogP contribution in [-0.4, -0.2) is 19.3 Å². The molecule has 0 amide bonds. The third kappa shape index (κ3) is 3.16. The first-order valence-electron chi connectivity index (χ1n) is 6.18. The molecule has 4 nitrogen and oxygen atoms in total. The highest BCUT2D eigenvalue weighted by atomic mass is 19.2. The summed E-state index contributed by atoms with van der Waals surface area (Å²) in [6, 6.07) is 7.07. The Bertz CT molecular complexity index is 622. The molecule has 0 saturated heterocycles. The van der Waals surface area contributed by atoms with Crippen molar-refractivity contribution in [2.24, 2.45) is 0 Å². The number of halogens is 2. The van der Waals surface area contributed by atoms with Crippen LogP contribution in [0.25, 0.3) is 0 Å². The summed E-state index contributed by atoms with van der Waals surface area (Å²) in [6.07, 6.45) is 0. The van der Waals surface area contributed by atoms with E-state index in [0.29, 0.717) is 5.56 Å². The Kier molecular flexibility index (Phi) is 4.47. The molecule has 0 fully saturated rings. The molecule has 112 valence electrons. The van der Waals surface area contributed by atoms with Gasteiger partial charge in [0.25, 0.3) is 0 Å². The minimum Gasteiger partial charge on any atom is -0.502 e. The summed E-state index contributed by atoms with van der Waals surface area (Å²) in [5.74, 6) is -1.48. The summed E-state index contributed by atoms with van der Waals surface area (Å²) in [4.78, 5) is 0. The monoisotopic (exact) mass is 295 g/mol. The topological polar surface area (TPSA) is 50.7 Å². The number of aromatic hydroxyl groups is 1. The van der Waals surface area contributed by atoms with Gasteiger partial charge in [0.1, 0.15) is 0 Å². The lowest BCUT2D eigenvalue weighted by Gasteiger charge is -2.12. The highest BCUT2D eigenvalue weighted by Crippen LogP contribution is 2.37. The molecule has 0 spiro atoms. The van der Waals surface area contributed by atoms with Crippen molar-refractivity contribution in [2.45, 2.75) is 6.54 Å². The molecule has 0 atom stereocenters. The van der Waals surface area contributed by atoms with Crippen molar-refractivity contribution < 1.29 is 23.4 Å². The lowest BCUT2D eigenvalue weighted by atomic mass is 10.1. The van der Waals surface area contributed by atoms with Crippen molar-refractivity contribution >= 4 is 5.69 Å². The van der Waals surface area contributed by atoms with Crippen molar-refractivity contribution in [1.29, 1.82) is 0 Å². The first-order chi connectivity index (χ1) is 10.1. The lowest BCUT2D eigenvalue weighted by molar-refractivity contribution is 0.339. The molecule has 21 heavy (non-hydrogen) atoms. The fourth-order valence-electron chi connectivity index (χ4n) is 1.89. The summed E-state index contributed by atoms with van der Waals surface area (Å²) in [5, 5.41) is 12.6. The van der Waals surface area contributed by atoms with E-state index in [1.54, 1.807) is 12.1 Å². The molecule has 6 heteroatoms. The SMILES string of the molecule is COc1cc(CNc2cccc(F)c2F)cc(OC)c1O. The van der Waals surface area contributed by atoms with E-state index < -0.39 is 11.6 Å². The van der Waals surface area contributed by atoms with Crippen molar-refractivity contribution in [3.8, 4) is 17.2 Å². The van der Waals surface area contributed by atoms with Crippen LogP contribution in [0.5, 0.6) is 17.2 Å². The van der Waals surface area contributed by atoms with Crippen LogP contribution >= 0.6 is 0 Å². The first-order valence-corrected chi connectivity index (χ1v) is 6.18. The van der Waals surface area contributed by atoms with Gasteiger partial charge in [0.15, 0.2) is 23.1 Å². The van der Waals surface area contributed by atoms with Crippen molar-refractivity contribution in [2.75, 3.05) is 19.5 Å². The van der Waals surface area contributed by atoms with Gasteiger partial charge in [-0.1, -0.05) is 6.07 Å². The Balaban J connectivity index is 2.22. The lowest BCUT2D eigenvalue weighted by Crippen LogP contribution is -2.03. The van der Waals surface area contributed by atoms with Gasteiger partial charge in [0.2, 0.25) is 5.75 Å². The van der Waals surface area contributed by atoms with Gasteiger partial charge in [0.05, 0.1) is 19.9 Å². The number of benzene rings is 2. The molecule has 0 aliphatic carbocycles. The van der Waals surface area contributed by atoms with Gasteiger partial charge < -0.3 is 19.9 Å². The number of hydrogen-bond donors (Lipinski definition) is 2. The van der Waals surface area contributed by atoms with Crippen molar-refractivity contribution in [1.82, 2.24) is 0 Å². The number of ether oxygens (including phenoxy) is 2. The Morgan fingerprint density at radius 2 is 1.71 bits per heavy atom. The van der Waals surface area contributed by atoms with E-state index in [4.69, 9.17) is 9.47 Å². The van der Waals surface area contributed by atoms with Gasteiger partial charge in [-0.25, -0.2) is 8.78 Å². The van der Waals surface area contributed by atoms with Crippen molar-refractivity contribution in [3.63, 3.8) is 0 Å². The highest BCUT2D eigenvalue weighted by Gasteiger charge is 2.12. The van der Waals surface area contributed by atoms with Crippen LogP contribution in [0, 0.1) is 11.6 Å². The fourth-order valence-corrected chi connectivity index (χ4v) is 1.89. The van der Waals surface area contributed by atoms with Crippen LogP contribution in [0.15, 0.2) is 30.3 Å². The molecule has 0 aliphatic heterocycles. The Morgan fingerprint density at radius 1 is 1.10 bits per heavy atom. The zero-order valence-electron chi connectivity index (χ0n) is 11.6. The summed E-state index contributed by atoms with van der Waals surface area (Å²) in [6.45, 7) is 0.216. The largest absolute Gasteiger partial charge is 0.502 e. The second-order valence-electron chi connectivity index (χ2n) is 4.30. The minimum absolute atomic E-state index is 0.0565. The quantitative estimate of drug-likeness (QED) is 0.888. The van der Waals surface area contributed by atoms with E-state index in [2.05, 4.69) is 5.32 Å². The maximum absolute atomic E-state index is 13.5. The number of methoxy groups -OCH3 is 2. The van der Waals surface area contributed by atoms with Gasteiger partial charge in [0, 0.05) is 6.54 Å². The summed E-state index contributed by atoms with van der Waals surface area (Å²) < 4.78 is 36.7. The van der Waals surface area contributed by atoms with Crippen LogP contribution in [0.4, 0.5) is 14.5 Å². The van der Waals surface area contributed by atoms with Gasteiger partial charge in [-0.05, 0) is 29.8 Å². The predicted octanol–water partition coefficient (Wildman–Crippen LogP) is 3.30. The molecule has 0 bridgehead atoms. The number of anilines is 1. The molecule has 2 rings (SSSR count). The molecular formula is C15H15F2NO3. The summed E-state index contributed by atoms with van der Waals surface area (Å²) in [7, 11) is 2.83. The molecule has 2 aromatic rings. The van der Waals surface area contributed by atoms with Crippen LogP contribution in [0.3, 0.4) is 0 Å². The number of phenolic OH excluding ortho intramolecular Hbond substituents is 1. The minimum atomic E-state index is -0.935. The molecule has 2 aromatic carbocycles. The zero-order valence-corrected chi connectivity index (χ0v) is 11.6. The van der Waals surface area contributed by atoms with E-state index in [9.17, 15) is 13.9 Å². The van der Waals surface area contributed by atoms with Crippen LogP contribution in [0.2, 0.25) is 0 Å². The van der Waals surface area contributed by atoms with Crippen LogP contribution in [0.1, 0.15) is 5.56 Å². The second-order valence-corrected chi connectivity index (χ2v) is 4.30. The van der Waals surface area contributed by atoms with Gasteiger partial charge in [-0.15, -0.1) is 0 Å². The number of rotatable bonds is 5. The highest BCUT2D eigenvalue weighted by molar-refractivity contribution is 5.54. The number of phenols is 1. The van der Waals surface area contributed by atoms with E-state index in [1.165, 1.54) is 26.4 Å². The van der Waals surface area contributed by atoms with Crippen molar-refractivity contribution in [3.05, 3.63) is 47.5 Å². The Labute approximate surface area is 120 Å². The van der Waals surface area contributed by atoms with E-state index in [-0.39, 0.29) is 29.5 Å². The van der Waals surface area contributed by atoms with Gasteiger partial charge in [-0.3, -0.25) is 0 Å². The smallest absolute Gasteiger partial charge is 0.200 e. The van der Waals surface area contributed by atoms with Crippen LogP contribution < -0.4 is 14.8 Å². The maximum atomic E-state index is 13.5. The number of nitrogens with one attached hydrogen (secondary N) is 1. The molecule has 0 heterocycles. The van der Waals surface area contributed by atoms with Gasteiger partial charge in [-0.2, -0.15) is 0 Å². The average molecular weight is 295 g/mol. The second kappa shape index (κ2) is 6.30. The molecule has 2 N–H and O–H groups in total. The predicted molar refractivity (Wildman–Crippen MR) is 74.9 cm³/mol. The average Bonchev–Trinajstić information content (AvgIpc) is 2.49. The maximum Gasteiger partial charge on any atom is 0.200 e. The van der Waals surface area contributed by atoms with Crippen LogP contribution in [-0.2, 0) is 6.54 Å². The Morgan fingerprint density at radius 3 is 2.29 bits per heavy atom. The molecular weight excluding hydrogens is 280 g/mol. The first kappa shape index (κ1) is 14.9. The van der Waals surface area contributed by atoms with E-state index >= 15 is 0 Å². The molecule has 0 aliphatic rings. The van der Waals surface area contributed by atoms with Gasteiger partial charge >= 0.3 is 0 Å². The molecule has 0 radical (unpaired) electrons. The summed E-state index contributed by atoms with van der Waals surface area (Å²) >= 11 is 0. The third-order valence-corrected chi connectivity index (χ3v) is 2.97. The summed E-state index contributed by atoms with van der Waals surface area (Å²) in [5.41, 5.74) is 0.742. The fraction of sp³-hybridized carbons (Fsp3) is 0.200.